The largest absolute Gasteiger partial charge is 0.573 e. The SMILES string of the molecule is CCC(CC)n1nc(-c2nn(C(CC)CC)c3nc(C)c(-c4ccc(OC(F)(F)F)cc4OC)nc23)c2nc(-c3ccc(OC(F)(F)F)cc3OC)c(C)cc21. The van der Waals surface area contributed by atoms with E-state index in [0.717, 1.165) is 37.8 Å². The molecule has 0 spiro atoms. The van der Waals surface area contributed by atoms with E-state index < -0.39 is 24.2 Å². The maximum Gasteiger partial charge on any atom is 0.573 e. The molecule has 0 N–H and O–H groups in total. The van der Waals surface area contributed by atoms with Crippen molar-refractivity contribution in [3.63, 3.8) is 0 Å². The van der Waals surface area contributed by atoms with Gasteiger partial charge in [-0.2, -0.15) is 10.2 Å². The standard InChI is InChI=1S/C39H41F6N7O4/c1-9-22(10-2)51-28-17-20(5)31(26-15-13-24(18-29(26)53-7)55-38(40,41)42)47-33(28)34(49-51)35-36-37(52(50-35)23(11-3)12-4)46-21(6)32(48-36)27-16-14-25(19-30(27)54-8)56-39(43,44)45/h13-19,22-23H,9-12H2,1-8H3. The van der Waals surface area contributed by atoms with Crippen molar-refractivity contribution in [2.75, 3.05) is 14.2 Å². The van der Waals surface area contributed by atoms with Gasteiger partial charge in [-0.15, -0.1) is 26.3 Å². The Bertz CT molecular complexity index is 2220. The van der Waals surface area contributed by atoms with Gasteiger partial charge in [-0.3, -0.25) is 4.68 Å². The summed E-state index contributed by atoms with van der Waals surface area (Å²) in [4.78, 5) is 15.2. The van der Waals surface area contributed by atoms with Crippen molar-refractivity contribution < 1.29 is 45.3 Å². The molecule has 4 heterocycles. The molecule has 0 atom stereocenters. The van der Waals surface area contributed by atoms with Crippen LogP contribution in [0.5, 0.6) is 23.0 Å². The van der Waals surface area contributed by atoms with E-state index in [0.29, 0.717) is 67.4 Å². The van der Waals surface area contributed by atoms with Crippen LogP contribution in [0, 0.1) is 13.8 Å². The van der Waals surface area contributed by atoms with Gasteiger partial charge in [-0.1, -0.05) is 27.7 Å². The van der Waals surface area contributed by atoms with E-state index in [9.17, 15) is 26.3 Å². The maximum atomic E-state index is 13.1. The van der Waals surface area contributed by atoms with Gasteiger partial charge in [0, 0.05) is 23.3 Å². The highest BCUT2D eigenvalue weighted by Gasteiger charge is 2.33. The Morgan fingerprint density at radius 2 is 1.05 bits per heavy atom. The van der Waals surface area contributed by atoms with Crippen LogP contribution in [-0.4, -0.2) is 61.5 Å². The number of halogens is 6. The second-order valence-electron chi connectivity index (χ2n) is 13.2. The molecule has 6 aromatic rings. The third kappa shape index (κ3) is 7.75. The van der Waals surface area contributed by atoms with E-state index in [1.807, 2.05) is 36.2 Å². The molecule has 298 valence electrons. The van der Waals surface area contributed by atoms with Gasteiger partial charge >= 0.3 is 12.7 Å². The summed E-state index contributed by atoms with van der Waals surface area (Å²) in [7, 11) is 2.68. The Kier molecular flexibility index (Phi) is 11.1. The first-order chi connectivity index (χ1) is 26.5. The van der Waals surface area contributed by atoms with Crippen LogP contribution in [0.4, 0.5) is 26.3 Å². The van der Waals surface area contributed by atoms with Crippen LogP contribution in [0.3, 0.4) is 0 Å². The summed E-state index contributed by atoms with van der Waals surface area (Å²) in [5.74, 6) is -0.697. The normalized spacial score (nSPS) is 12.4. The van der Waals surface area contributed by atoms with E-state index in [4.69, 9.17) is 34.6 Å². The first-order valence-electron chi connectivity index (χ1n) is 18.1. The number of aryl methyl sites for hydroxylation is 2. The molecule has 0 saturated carbocycles. The summed E-state index contributed by atoms with van der Waals surface area (Å²) < 4.78 is 102. The second-order valence-corrected chi connectivity index (χ2v) is 13.2. The van der Waals surface area contributed by atoms with Crippen molar-refractivity contribution in [2.24, 2.45) is 0 Å². The first kappa shape index (κ1) is 40.1. The number of benzene rings is 2. The zero-order valence-corrected chi connectivity index (χ0v) is 32.1. The number of methoxy groups -OCH3 is 2. The summed E-state index contributed by atoms with van der Waals surface area (Å²) >= 11 is 0. The molecule has 2 aromatic carbocycles. The highest BCUT2D eigenvalue weighted by atomic mass is 19.4. The van der Waals surface area contributed by atoms with E-state index in [1.165, 1.54) is 38.5 Å². The fraction of sp³-hybridized carbons (Fsp3) is 0.410. The predicted molar refractivity (Wildman–Crippen MR) is 198 cm³/mol. The number of hydrogen-bond donors (Lipinski definition) is 0. The number of alkyl halides is 6. The topological polar surface area (TPSA) is 111 Å². The Balaban J connectivity index is 1.64. The molecular formula is C39H41F6N7O4. The zero-order valence-electron chi connectivity index (χ0n) is 32.1. The quantitative estimate of drug-likeness (QED) is 0.106. The van der Waals surface area contributed by atoms with Crippen molar-refractivity contribution in [3.8, 4) is 56.9 Å². The van der Waals surface area contributed by atoms with Crippen molar-refractivity contribution in [2.45, 2.75) is 92.0 Å². The smallest absolute Gasteiger partial charge is 0.496 e. The first-order valence-corrected chi connectivity index (χ1v) is 18.1. The molecular weight excluding hydrogens is 744 g/mol. The van der Waals surface area contributed by atoms with Crippen molar-refractivity contribution in [1.29, 1.82) is 0 Å². The van der Waals surface area contributed by atoms with Crippen molar-refractivity contribution in [3.05, 3.63) is 53.7 Å². The molecule has 0 aliphatic heterocycles. The number of fused-ring (bicyclic) bond motifs is 2. The average Bonchev–Trinajstić information content (AvgIpc) is 3.68. The van der Waals surface area contributed by atoms with Gasteiger partial charge in [0.15, 0.2) is 5.65 Å². The van der Waals surface area contributed by atoms with Crippen LogP contribution in [0.2, 0.25) is 0 Å². The lowest BCUT2D eigenvalue weighted by Gasteiger charge is -2.16. The van der Waals surface area contributed by atoms with Gasteiger partial charge in [0.25, 0.3) is 0 Å². The molecule has 0 fully saturated rings. The van der Waals surface area contributed by atoms with E-state index in [1.54, 1.807) is 6.92 Å². The number of nitrogens with zero attached hydrogens (tertiary/aromatic N) is 7. The van der Waals surface area contributed by atoms with Gasteiger partial charge in [-0.05, 0) is 75.4 Å². The fourth-order valence-corrected chi connectivity index (χ4v) is 6.96. The van der Waals surface area contributed by atoms with Crippen LogP contribution >= 0.6 is 0 Å². The molecule has 0 bridgehead atoms. The van der Waals surface area contributed by atoms with Gasteiger partial charge in [0.05, 0.1) is 48.9 Å². The molecule has 0 aliphatic carbocycles. The Morgan fingerprint density at radius 3 is 1.55 bits per heavy atom. The molecule has 0 unspecified atom stereocenters. The molecule has 4 aromatic heterocycles. The fourth-order valence-electron chi connectivity index (χ4n) is 6.96. The summed E-state index contributed by atoms with van der Waals surface area (Å²) in [6.45, 7) is 11.8. The molecule has 0 aliphatic rings. The van der Waals surface area contributed by atoms with E-state index in [-0.39, 0.29) is 23.6 Å². The number of rotatable bonds is 13. The molecule has 0 amide bonds. The van der Waals surface area contributed by atoms with Crippen molar-refractivity contribution in [1.82, 2.24) is 34.5 Å². The lowest BCUT2D eigenvalue weighted by atomic mass is 10.0. The molecule has 6 rings (SSSR count). The number of pyridine rings is 1. The summed E-state index contributed by atoms with van der Waals surface area (Å²) in [6, 6.07) is 9.40. The summed E-state index contributed by atoms with van der Waals surface area (Å²) in [5, 5.41) is 10.2. The summed E-state index contributed by atoms with van der Waals surface area (Å²) in [5.41, 5.74) is 5.57. The maximum absolute atomic E-state index is 13.1. The lowest BCUT2D eigenvalue weighted by Crippen LogP contribution is -2.17. The van der Waals surface area contributed by atoms with Crippen LogP contribution in [0.25, 0.3) is 56.1 Å². The number of hydrogen-bond acceptors (Lipinski definition) is 9. The van der Waals surface area contributed by atoms with Gasteiger partial charge < -0.3 is 18.9 Å². The third-order valence-electron chi connectivity index (χ3n) is 9.70. The van der Waals surface area contributed by atoms with Gasteiger partial charge in [0.1, 0.15) is 45.4 Å². The summed E-state index contributed by atoms with van der Waals surface area (Å²) in [6.07, 6.45) is -6.84. The molecule has 0 saturated heterocycles. The minimum absolute atomic E-state index is 0.0235. The second kappa shape index (κ2) is 15.5. The average molecular weight is 786 g/mol. The highest BCUT2D eigenvalue weighted by Crippen LogP contribution is 2.42. The van der Waals surface area contributed by atoms with Gasteiger partial charge in [0.2, 0.25) is 0 Å². The third-order valence-corrected chi connectivity index (χ3v) is 9.70. The molecule has 56 heavy (non-hydrogen) atoms. The Labute approximate surface area is 318 Å². The number of aromatic nitrogens is 7. The Morgan fingerprint density at radius 1 is 0.589 bits per heavy atom. The number of ether oxygens (including phenoxy) is 4. The molecule has 17 heteroatoms. The van der Waals surface area contributed by atoms with Gasteiger partial charge in [-0.25, -0.2) is 19.6 Å². The van der Waals surface area contributed by atoms with Crippen LogP contribution in [0.1, 0.15) is 76.7 Å². The van der Waals surface area contributed by atoms with Crippen molar-refractivity contribution >= 4 is 22.2 Å². The highest BCUT2D eigenvalue weighted by molar-refractivity contribution is 5.99. The van der Waals surface area contributed by atoms with Crippen LogP contribution in [-0.2, 0) is 0 Å². The van der Waals surface area contributed by atoms with E-state index in [2.05, 4.69) is 23.3 Å². The molecule has 11 nitrogen and oxygen atoms in total. The van der Waals surface area contributed by atoms with Crippen LogP contribution < -0.4 is 18.9 Å². The minimum Gasteiger partial charge on any atom is -0.496 e. The molecule has 0 radical (unpaired) electrons. The Hall–Kier alpha value is -5.61. The van der Waals surface area contributed by atoms with Crippen LogP contribution in [0.15, 0.2) is 42.5 Å². The lowest BCUT2D eigenvalue weighted by molar-refractivity contribution is -0.275. The monoisotopic (exact) mass is 785 g/mol. The minimum atomic E-state index is -4.90. The zero-order chi connectivity index (χ0) is 40.7. The predicted octanol–water partition coefficient (Wildman–Crippen LogP) is 10.7. The van der Waals surface area contributed by atoms with E-state index >= 15 is 0 Å².